The SMILES string of the molecule is C#CCCCN(C)Cc1ccccc1Cl. The van der Waals surface area contributed by atoms with Crippen molar-refractivity contribution in [3.8, 4) is 12.3 Å². The molecule has 0 saturated carbocycles. The molecule has 0 N–H and O–H groups in total. The van der Waals surface area contributed by atoms with Gasteiger partial charge in [-0.3, -0.25) is 0 Å². The first-order valence-corrected chi connectivity index (χ1v) is 5.47. The van der Waals surface area contributed by atoms with Gasteiger partial charge in [-0.1, -0.05) is 29.8 Å². The Labute approximate surface area is 97.0 Å². The van der Waals surface area contributed by atoms with Crippen molar-refractivity contribution < 1.29 is 0 Å². The molecular weight excluding hydrogens is 206 g/mol. The largest absolute Gasteiger partial charge is 0.302 e. The third kappa shape index (κ3) is 4.38. The maximum absolute atomic E-state index is 6.07. The molecule has 0 spiro atoms. The summed E-state index contributed by atoms with van der Waals surface area (Å²) in [5.41, 5.74) is 1.17. The van der Waals surface area contributed by atoms with Crippen LogP contribution in [0.1, 0.15) is 18.4 Å². The maximum atomic E-state index is 6.07. The van der Waals surface area contributed by atoms with Gasteiger partial charge in [-0.25, -0.2) is 0 Å². The van der Waals surface area contributed by atoms with Crippen molar-refractivity contribution in [1.82, 2.24) is 4.90 Å². The number of nitrogens with zero attached hydrogens (tertiary/aromatic N) is 1. The number of unbranched alkanes of at least 4 members (excludes halogenated alkanes) is 1. The second kappa shape index (κ2) is 6.50. The van der Waals surface area contributed by atoms with Gasteiger partial charge in [0.15, 0.2) is 0 Å². The Kier molecular flexibility index (Phi) is 5.25. The van der Waals surface area contributed by atoms with E-state index >= 15 is 0 Å². The Bertz CT molecular complexity index is 341. The van der Waals surface area contributed by atoms with E-state index in [1.54, 1.807) is 0 Å². The molecule has 0 heterocycles. The summed E-state index contributed by atoms with van der Waals surface area (Å²) in [6, 6.07) is 7.94. The summed E-state index contributed by atoms with van der Waals surface area (Å²) >= 11 is 6.07. The predicted molar refractivity (Wildman–Crippen MR) is 65.9 cm³/mol. The summed E-state index contributed by atoms with van der Waals surface area (Å²) in [6.45, 7) is 1.89. The molecular formula is C13H16ClN. The van der Waals surface area contributed by atoms with Gasteiger partial charge in [-0.15, -0.1) is 12.3 Å². The van der Waals surface area contributed by atoms with Crippen molar-refractivity contribution in [3.05, 3.63) is 34.9 Å². The van der Waals surface area contributed by atoms with Crippen LogP contribution in [0.15, 0.2) is 24.3 Å². The summed E-state index contributed by atoms with van der Waals surface area (Å²) in [7, 11) is 2.08. The molecule has 0 aliphatic carbocycles. The minimum atomic E-state index is 0.835. The first-order valence-electron chi connectivity index (χ1n) is 5.09. The molecule has 0 saturated heterocycles. The minimum absolute atomic E-state index is 0.835. The lowest BCUT2D eigenvalue weighted by Gasteiger charge is -2.16. The molecule has 80 valence electrons. The molecule has 0 atom stereocenters. The van der Waals surface area contributed by atoms with E-state index in [0.717, 1.165) is 31.0 Å². The summed E-state index contributed by atoms with van der Waals surface area (Å²) < 4.78 is 0. The highest BCUT2D eigenvalue weighted by molar-refractivity contribution is 6.31. The Morgan fingerprint density at radius 1 is 1.40 bits per heavy atom. The molecule has 0 amide bonds. The lowest BCUT2D eigenvalue weighted by Crippen LogP contribution is -2.19. The molecule has 0 aromatic heterocycles. The van der Waals surface area contributed by atoms with Crippen LogP contribution in [0.5, 0.6) is 0 Å². The van der Waals surface area contributed by atoms with Crippen LogP contribution >= 0.6 is 11.6 Å². The summed E-state index contributed by atoms with van der Waals surface area (Å²) in [5.74, 6) is 2.65. The standard InChI is InChI=1S/C13H16ClN/c1-3-4-7-10-15(2)11-12-8-5-6-9-13(12)14/h1,5-6,8-9H,4,7,10-11H2,2H3. The number of hydrogen-bond acceptors (Lipinski definition) is 1. The van der Waals surface area contributed by atoms with Gasteiger partial charge in [0.25, 0.3) is 0 Å². The van der Waals surface area contributed by atoms with Crippen LogP contribution < -0.4 is 0 Å². The van der Waals surface area contributed by atoms with Gasteiger partial charge >= 0.3 is 0 Å². The van der Waals surface area contributed by atoms with Crippen molar-refractivity contribution in [2.45, 2.75) is 19.4 Å². The average Bonchev–Trinajstić information content (AvgIpc) is 2.22. The summed E-state index contributed by atoms with van der Waals surface area (Å²) in [5, 5.41) is 0.835. The molecule has 1 rings (SSSR count). The van der Waals surface area contributed by atoms with E-state index < -0.39 is 0 Å². The molecule has 0 fully saturated rings. The van der Waals surface area contributed by atoms with Crippen LogP contribution in [0.2, 0.25) is 5.02 Å². The predicted octanol–water partition coefficient (Wildman–Crippen LogP) is 3.19. The number of rotatable bonds is 5. The lowest BCUT2D eigenvalue weighted by molar-refractivity contribution is 0.324. The zero-order chi connectivity index (χ0) is 11.1. The molecule has 2 heteroatoms. The van der Waals surface area contributed by atoms with Crippen molar-refractivity contribution in [2.24, 2.45) is 0 Å². The van der Waals surface area contributed by atoms with Crippen LogP contribution in [-0.2, 0) is 6.54 Å². The highest BCUT2D eigenvalue weighted by atomic mass is 35.5. The van der Waals surface area contributed by atoms with E-state index in [1.807, 2.05) is 18.2 Å². The van der Waals surface area contributed by atoms with E-state index in [9.17, 15) is 0 Å². The highest BCUT2D eigenvalue weighted by Crippen LogP contribution is 2.16. The summed E-state index contributed by atoms with van der Waals surface area (Å²) in [6.07, 6.45) is 7.08. The van der Waals surface area contributed by atoms with Crippen LogP contribution in [0.3, 0.4) is 0 Å². The fourth-order valence-corrected chi connectivity index (χ4v) is 1.64. The summed E-state index contributed by atoms with van der Waals surface area (Å²) in [4.78, 5) is 2.23. The lowest BCUT2D eigenvalue weighted by atomic mass is 10.2. The smallest absolute Gasteiger partial charge is 0.0451 e. The van der Waals surface area contributed by atoms with Gasteiger partial charge in [-0.05, 0) is 31.6 Å². The van der Waals surface area contributed by atoms with Gasteiger partial charge in [0.05, 0.1) is 0 Å². The van der Waals surface area contributed by atoms with Crippen molar-refractivity contribution >= 4 is 11.6 Å². The van der Waals surface area contributed by atoms with Gasteiger partial charge in [-0.2, -0.15) is 0 Å². The molecule has 0 bridgehead atoms. The Morgan fingerprint density at radius 3 is 2.80 bits per heavy atom. The highest BCUT2D eigenvalue weighted by Gasteiger charge is 2.02. The molecule has 15 heavy (non-hydrogen) atoms. The topological polar surface area (TPSA) is 3.24 Å². The van der Waals surface area contributed by atoms with Crippen molar-refractivity contribution in [3.63, 3.8) is 0 Å². The second-order valence-electron chi connectivity index (χ2n) is 3.64. The van der Waals surface area contributed by atoms with Gasteiger partial charge in [0.2, 0.25) is 0 Å². The number of terminal acetylenes is 1. The first kappa shape index (κ1) is 12.1. The fraction of sp³-hybridized carbons (Fsp3) is 0.385. The third-order valence-corrected chi connectivity index (χ3v) is 2.63. The third-order valence-electron chi connectivity index (χ3n) is 2.26. The van der Waals surface area contributed by atoms with E-state index in [-0.39, 0.29) is 0 Å². The first-order chi connectivity index (χ1) is 7.24. The fourth-order valence-electron chi connectivity index (χ4n) is 1.45. The normalized spacial score (nSPS) is 10.3. The molecule has 0 aliphatic heterocycles. The van der Waals surface area contributed by atoms with Crippen LogP contribution in [0, 0.1) is 12.3 Å². The van der Waals surface area contributed by atoms with E-state index in [1.165, 1.54) is 5.56 Å². The number of halogens is 1. The van der Waals surface area contributed by atoms with Crippen molar-refractivity contribution in [1.29, 1.82) is 0 Å². The average molecular weight is 222 g/mol. The number of benzene rings is 1. The zero-order valence-corrected chi connectivity index (χ0v) is 9.80. The van der Waals surface area contributed by atoms with Gasteiger partial charge < -0.3 is 4.90 Å². The Hall–Kier alpha value is -0.970. The monoisotopic (exact) mass is 221 g/mol. The molecule has 1 aromatic carbocycles. The molecule has 1 nitrogen and oxygen atoms in total. The van der Waals surface area contributed by atoms with E-state index in [0.29, 0.717) is 0 Å². The quantitative estimate of drug-likeness (QED) is 0.545. The molecule has 1 aromatic rings. The van der Waals surface area contributed by atoms with Gasteiger partial charge in [0.1, 0.15) is 0 Å². The molecule has 0 unspecified atom stereocenters. The molecule has 0 aliphatic rings. The Morgan fingerprint density at radius 2 is 2.13 bits per heavy atom. The van der Waals surface area contributed by atoms with Crippen LogP contribution in [0.25, 0.3) is 0 Å². The zero-order valence-electron chi connectivity index (χ0n) is 9.04. The van der Waals surface area contributed by atoms with Crippen LogP contribution in [-0.4, -0.2) is 18.5 Å². The van der Waals surface area contributed by atoms with Crippen LogP contribution in [0.4, 0.5) is 0 Å². The second-order valence-corrected chi connectivity index (χ2v) is 4.04. The maximum Gasteiger partial charge on any atom is 0.0451 e. The van der Waals surface area contributed by atoms with E-state index in [2.05, 4.69) is 23.9 Å². The minimum Gasteiger partial charge on any atom is -0.302 e. The Balaban J connectivity index is 2.41. The van der Waals surface area contributed by atoms with Crippen molar-refractivity contribution in [2.75, 3.05) is 13.6 Å². The van der Waals surface area contributed by atoms with Gasteiger partial charge in [0, 0.05) is 18.0 Å². The molecule has 0 radical (unpaired) electrons. The number of hydrogen-bond donors (Lipinski definition) is 0. The van der Waals surface area contributed by atoms with E-state index in [4.69, 9.17) is 18.0 Å².